The van der Waals surface area contributed by atoms with Crippen molar-refractivity contribution in [3.05, 3.63) is 29.3 Å². The van der Waals surface area contributed by atoms with Crippen molar-refractivity contribution in [2.75, 3.05) is 13.1 Å². The fourth-order valence-corrected chi connectivity index (χ4v) is 2.92. The molecule has 1 N–H and O–H groups in total. The quantitative estimate of drug-likeness (QED) is 0.802. The molecule has 2 heterocycles. The summed E-state index contributed by atoms with van der Waals surface area (Å²) in [6, 6.07) is 6.71. The molecule has 1 aromatic carbocycles. The summed E-state index contributed by atoms with van der Waals surface area (Å²) >= 11 is 0. The van der Waals surface area contributed by atoms with Gasteiger partial charge in [0.25, 0.3) is 0 Å². The van der Waals surface area contributed by atoms with E-state index in [1.807, 2.05) is 0 Å². The van der Waals surface area contributed by atoms with E-state index in [-0.39, 0.29) is 5.60 Å². The van der Waals surface area contributed by atoms with E-state index in [0.717, 1.165) is 38.1 Å². The number of ether oxygens (including phenoxy) is 1. The van der Waals surface area contributed by atoms with E-state index in [4.69, 9.17) is 4.74 Å². The summed E-state index contributed by atoms with van der Waals surface area (Å²) in [6.45, 7) is 6.60. The molecule has 0 aromatic heterocycles. The SMILES string of the molecule is CC(C)c1ccc2c(c1)CCC1(CCNC1)O2. The van der Waals surface area contributed by atoms with E-state index in [1.165, 1.54) is 11.1 Å². The van der Waals surface area contributed by atoms with Gasteiger partial charge in [0.05, 0.1) is 0 Å². The van der Waals surface area contributed by atoms with Crippen LogP contribution in [-0.2, 0) is 6.42 Å². The molecule has 0 radical (unpaired) electrons. The molecule has 1 aromatic rings. The zero-order chi connectivity index (χ0) is 11.9. The molecular weight excluding hydrogens is 210 g/mol. The lowest BCUT2D eigenvalue weighted by atomic mass is 9.88. The number of benzene rings is 1. The van der Waals surface area contributed by atoms with E-state index in [0.29, 0.717) is 5.92 Å². The molecule has 0 saturated carbocycles. The Morgan fingerprint density at radius 1 is 1.29 bits per heavy atom. The number of nitrogens with one attached hydrogen (secondary N) is 1. The summed E-state index contributed by atoms with van der Waals surface area (Å²) in [5.74, 6) is 1.72. The van der Waals surface area contributed by atoms with Crippen molar-refractivity contribution in [1.29, 1.82) is 0 Å². The summed E-state index contributed by atoms with van der Waals surface area (Å²) < 4.78 is 6.25. The number of fused-ring (bicyclic) bond motifs is 1. The molecule has 2 aliphatic rings. The van der Waals surface area contributed by atoms with Crippen molar-refractivity contribution in [3.8, 4) is 5.75 Å². The molecule has 92 valence electrons. The normalized spacial score (nSPS) is 27.2. The second-order valence-electron chi connectivity index (χ2n) is 5.73. The molecule has 1 spiro atoms. The van der Waals surface area contributed by atoms with Crippen LogP contribution >= 0.6 is 0 Å². The average Bonchev–Trinajstić information content (AvgIpc) is 2.76. The smallest absolute Gasteiger partial charge is 0.123 e. The standard InChI is InChI=1S/C15H21NO/c1-11(2)12-3-4-14-13(9-12)5-6-15(17-14)7-8-16-10-15/h3-4,9,11,16H,5-8,10H2,1-2H3. The first-order valence-electron chi connectivity index (χ1n) is 6.71. The lowest BCUT2D eigenvalue weighted by Gasteiger charge is -2.35. The van der Waals surface area contributed by atoms with Crippen molar-refractivity contribution in [1.82, 2.24) is 5.32 Å². The van der Waals surface area contributed by atoms with Crippen LogP contribution in [-0.4, -0.2) is 18.7 Å². The zero-order valence-electron chi connectivity index (χ0n) is 10.8. The van der Waals surface area contributed by atoms with Gasteiger partial charge in [-0.05, 0) is 42.5 Å². The van der Waals surface area contributed by atoms with Crippen LogP contribution in [0.5, 0.6) is 5.75 Å². The van der Waals surface area contributed by atoms with E-state index < -0.39 is 0 Å². The number of hydrogen-bond acceptors (Lipinski definition) is 2. The molecule has 17 heavy (non-hydrogen) atoms. The third kappa shape index (κ3) is 1.95. The topological polar surface area (TPSA) is 21.3 Å². The Morgan fingerprint density at radius 3 is 2.88 bits per heavy atom. The third-order valence-electron chi connectivity index (χ3n) is 4.13. The Bertz CT molecular complexity index is 419. The second kappa shape index (κ2) is 4.02. The zero-order valence-corrected chi connectivity index (χ0v) is 10.8. The minimum atomic E-state index is 0.0896. The van der Waals surface area contributed by atoms with E-state index >= 15 is 0 Å². The van der Waals surface area contributed by atoms with Crippen molar-refractivity contribution in [2.24, 2.45) is 0 Å². The maximum absolute atomic E-state index is 6.25. The van der Waals surface area contributed by atoms with Gasteiger partial charge in [-0.3, -0.25) is 0 Å². The molecule has 1 unspecified atom stereocenters. The van der Waals surface area contributed by atoms with Crippen molar-refractivity contribution >= 4 is 0 Å². The van der Waals surface area contributed by atoms with Crippen molar-refractivity contribution in [3.63, 3.8) is 0 Å². The minimum absolute atomic E-state index is 0.0896. The first-order valence-corrected chi connectivity index (χ1v) is 6.71. The highest BCUT2D eigenvalue weighted by atomic mass is 16.5. The number of hydrogen-bond donors (Lipinski definition) is 1. The lowest BCUT2D eigenvalue weighted by molar-refractivity contribution is 0.0664. The molecule has 1 fully saturated rings. The summed E-state index contributed by atoms with van der Waals surface area (Å²) in [4.78, 5) is 0. The Balaban J connectivity index is 1.88. The Hall–Kier alpha value is -1.02. The summed E-state index contributed by atoms with van der Waals surface area (Å²) in [7, 11) is 0. The molecule has 0 bridgehead atoms. The first kappa shape index (κ1) is 11.1. The van der Waals surface area contributed by atoms with Gasteiger partial charge in [-0.15, -0.1) is 0 Å². The van der Waals surface area contributed by atoms with Crippen molar-refractivity contribution < 1.29 is 4.74 Å². The highest BCUT2D eigenvalue weighted by Gasteiger charge is 2.38. The van der Waals surface area contributed by atoms with E-state index in [1.54, 1.807) is 0 Å². The van der Waals surface area contributed by atoms with Gasteiger partial charge in [-0.2, -0.15) is 0 Å². The maximum atomic E-state index is 6.25. The second-order valence-corrected chi connectivity index (χ2v) is 5.73. The van der Waals surface area contributed by atoms with Gasteiger partial charge in [0.15, 0.2) is 0 Å². The third-order valence-corrected chi connectivity index (χ3v) is 4.13. The molecule has 1 atom stereocenters. The van der Waals surface area contributed by atoms with Crippen LogP contribution in [0.4, 0.5) is 0 Å². The highest BCUT2D eigenvalue weighted by molar-refractivity contribution is 5.40. The predicted molar refractivity (Wildman–Crippen MR) is 69.7 cm³/mol. The molecule has 3 rings (SSSR count). The van der Waals surface area contributed by atoms with Gasteiger partial charge in [-0.1, -0.05) is 26.0 Å². The van der Waals surface area contributed by atoms with Crippen LogP contribution in [0.25, 0.3) is 0 Å². The van der Waals surface area contributed by atoms with Gasteiger partial charge in [0.2, 0.25) is 0 Å². The molecule has 1 saturated heterocycles. The van der Waals surface area contributed by atoms with Crippen LogP contribution in [0, 0.1) is 0 Å². The summed E-state index contributed by atoms with van der Waals surface area (Å²) in [5, 5.41) is 3.42. The Morgan fingerprint density at radius 2 is 2.18 bits per heavy atom. The predicted octanol–water partition coefficient (Wildman–Crippen LogP) is 2.87. The van der Waals surface area contributed by atoms with Gasteiger partial charge >= 0.3 is 0 Å². The monoisotopic (exact) mass is 231 g/mol. The van der Waals surface area contributed by atoms with Crippen molar-refractivity contribution in [2.45, 2.75) is 44.6 Å². The summed E-state index contributed by atoms with van der Waals surface area (Å²) in [5.41, 5.74) is 2.91. The fourth-order valence-electron chi connectivity index (χ4n) is 2.92. The van der Waals surface area contributed by atoms with Crippen LogP contribution < -0.4 is 10.1 Å². The number of rotatable bonds is 1. The molecular formula is C15H21NO. The van der Waals surface area contributed by atoms with Gasteiger partial charge < -0.3 is 10.1 Å². The Labute approximate surface area is 103 Å². The van der Waals surface area contributed by atoms with Crippen LogP contribution in [0.1, 0.15) is 43.7 Å². The minimum Gasteiger partial charge on any atom is -0.486 e. The average molecular weight is 231 g/mol. The van der Waals surface area contributed by atoms with Crippen LogP contribution in [0.15, 0.2) is 18.2 Å². The highest BCUT2D eigenvalue weighted by Crippen LogP contribution is 2.37. The van der Waals surface area contributed by atoms with Gasteiger partial charge in [0.1, 0.15) is 11.4 Å². The first-order chi connectivity index (χ1) is 8.19. The molecule has 2 aliphatic heterocycles. The molecule has 0 aliphatic carbocycles. The van der Waals surface area contributed by atoms with Gasteiger partial charge in [-0.25, -0.2) is 0 Å². The number of aryl methyl sites for hydroxylation is 1. The lowest BCUT2D eigenvalue weighted by Crippen LogP contribution is -2.41. The van der Waals surface area contributed by atoms with Crippen LogP contribution in [0.2, 0.25) is 0 Å². The van der Waals surface area contributed by atoms with E-state index in [2.05, 4.69) is 37.4 Å². The molecule has 0 amide bonds. The Kier molecular flexibility index (Phi) is 2.62. The fraction of sp³-hybridized carbons (Fsp3) is 0.600. The van der Waals surface area contributed by atoms with E-state index in [9.17, 15) is 0 Å². The van der Waals surface area contributed by atoms with Gasteiger partial charge in [0, 0.05) is 13.0 Å². The summed E-state index contributed by atoms with van der Waals surface area (Å²) in [6.07, 6.45) is 3.48. The maximum Gasteiger partial charge on any atom is 0.123 e. The molecule has 2 nitrogen and oxygen atoms in total. The van der Waals surface area contributed by atoms with Crippen LogP contribution in [0.3, 0.4) is 0 Å². The molecule has 2 heteroatoms. The largest absolute Gasteiger partial charge is 0.486 e.